The summed E-state index contributed by atoms with van der Waals surface area (Å²) in [6.07, 6.45) is 6.34. The van der Waals surface area contributed by atoms with Crippen LogP contribution in [-0.2, 0) is 0 Å². The Bertz CT molecular complexity index is 748. The van der Waals surface area contributed by atoms with Crippen molar-refractivity contribution in [3.63, 3.8) is 0 Å². The molecule has 1 amide bonds. The van der Waals surface area contributed by atoms with Gasteiger partial charge in [0.1, 0.15) is 0 Å². The Labute approximate surface area is 122 Å². The maximum atomic E-state index is 12.5. The molecule has 103 valence electrons. The zero-order valence-electron chi connectivity index (χ0n) is 11.6. The number of aromatic nitrogens is 2. The summed E-state index contributed by atoms with van der Waals surface area (Å²) in [6.45, 7) is 1.87. The van der Waals surface area contributed by atoms with E-state index in [0.29, 0.717) is 5.56 Å². The number of hydrogen-bond acceptors (Lipinski definition) is 2. The van der Waals surface area contributed by atoms with Crippen molar-refractivity contribution in [3.8, 4) is 11.1 Å². The van der Waals surface area contributed by atoms with Crippen LogP contribution in [-0.4, -0.2) is 15.9 Å². The fourth-order valence-corrected chi connectivity index (χ4v) is 2.20. The van der Waals surface area contributed by atoms with Gasteiger partial charge in [0.2, 0.25) is 0 Å². The fourth-order valence-electron chi connectivity index (χ4n) is 2.20. The third-order valence-electron chi connectivity index (χ3n) is 3.23. The molecule has 3 rings (SSSR count). The molecule has 2 aromatic heterocycles. The molecule has 0 bridgehead atoms. The molecule has 0 aliphatic rings. The SMILES string of the molecule is Cc1[nH][c]c(-c2ccccc2)c1C(=O)Nc1ccncc1. The van der Waals surface area contributed by atoms with Crippen LogP contribution >= 0.6 is 0 Å². The largest absolute Gasteiger partial charge is 0.356 e. The molecular weight excluding hydrogens is 262 g/mol. The first-order valence-electron chi connectivity index (χ1n) is 6.63. The Morgan fingerprint density at radius 1 is 1.14 bits per heavy atom. The lowest BCUT2D eigenvalue weighted by atomic mass is 10.0. The van der Waals surface area contributed by atoms with E-state index in [9.17, 15) is 4.79 Å². The highest BCUT2D eigenvalue weighted by Crippen LogP contribution is 2.26. The molecule has 3 aromatic rings. The van der Waals surface area contributed by atoms with Crippen molar-refractivity contribution >= 4 is 11.6 Å². The van der Waals surface area contributed by atoms with Gasteiger partial charge < -0.3 is 10.3 Å². The number of hydrogen-bond donors (Lipinski definition) is 2. The molecule has 1 aromatic carbocycles. The minimum absolute atomic E-state index is 0.157. The Morgan fingerprint density at radius 3 is 2.57 bits per heavy atom. The van der Waals surface area contributed by atoms with Gasteiger partial charge in [0.05, 0.1) is 11.8 Å². The highest BCUT2D eigenvalue weighted by atomic mass is 16.1. The van der Waals surface area contributed by atoms with Gasteiger partial charge in [0, 0.05) is 29.3 Å². The second-order valence-corrected chi connectivity index (χ2v) is 4.68. The van der Waals surface area contributed by atoms with Crippen molar-refractivity contribution in [3.05, 3.63) is 72.3 Å². The van der Waals surface area contributed by atoms with Gasteiger partial charge in [-0.05, 0) is 24.6 Å². The Balaban J connectivity index is 1.95. The molecule has 0 fully saturated rings. The molecule has 0 atom stereocenters. The maximum absolute atomic E-state index is 12.5. The standard InChI is InChI=1S/C17H14N3O/c1-12-16(17(21)20-14-7-9-18-10-8-14)15(11-19-12)13-5-3-2-4-6-13/h2-10,19H,1H3,(H,18,20,21). The van der Waals surface area contributed by atoms with Gasteiger partial charge in [0.25, 0.3) is 5.91 Å². The number of amides is 1. The first-order chi connectivity index (χ1) is 10.3. The topological polar surface area (TPSA) is 57.8 Å². The molecule has 0 spiro atoms. The number of aromatic amines is 1. The van der Waals surface area contributed by atoms with Crippen LogP contribution in [0.1, 0.15) is 16.1 Å². The molecule has 4 nitrogen and oxygen atoms in total. The van der Waals surface area contributed by atoms with Crippen LogP contribution in [0.3, 0.4) is 0 Å². The van der Waals surface area contributed by atoms with Gasteiger partial charge in [-0.25, -0.2) is 0 Å². The predicted octanol–water partition coefficient (Wildman–Crippen LogP) is 3.44. The smallest absolute Gasteiger partial charge is 0.258 e. The quantitative estimate of drug-likeness (QED) is 0.770. The van der Waals surface area contributed by atoms with Gasteiger partial charge in [-0.15, -0.1) is 0 Å². The summed E-state index contributed by atoms with van der Waals surface area (Å²) in [7, 11) is 0. The van der Waals surface area contributed by atoms with Crippen LogP contribution < -0.4 is 5.32 Å². The zero-order valence-corrected chi connectivity index (χ0v) is 11.6. The van der Waals surface area contributed by atoms with E-state index in [0.717, 1.165) is 22.5 Å². The molecule has 0 saturated carbocycles. The number of benzene rings is 1. The predicted molar refractivity (Wildman–Crippen MR) is 82.0 cm³/mol. The van der Waals surface area contributed by atoms with E-state index in [1.807, 2.05) is 37.3 Å². The molecule has 1 radical (unpaired) electrons. The van der Waals surface area contributed by atoms with Crippen LogP contribution in [0.2, 0.25) is 0 Å². The van der Waals surface area contributed by atoms with Gasteiger partial charge in [-0.1, -0.05) is 30.3 Å². The van der Waals surface area contributed by atoms with E-state index in [1.165, 1.54) is 0 Å². The lowest BCUT2D eigenvalue weighted by Gasteiger charge is -2.07. The number of nitrogens with zero attached hydrogens (tertiary/aromatic N) is 1. The minimum Gasteiger partial charge on any atom is -0.356 e. The fraction of sp³-hybridized carbons (Fsp3) is 0.0588. The van der Waals surface area contributed by atoms with Gasteiger partial charge in [-0.2, -0.15) is 0 Å². The van der Waals surface area contributed by atoms with E-state index in [1.54, 1.807) is 24.5 Å². The lowest BCUT2D eigenvalue weighted by molar-refractivity contribution is 0.102. The summed E-state index contributed by atoms with van der Waals surface area (Å²) in [5.74, 6) is -0.157. The van der Waals surface area contributed by atoms with Gasteiger partial charge in [-0.3, -0.25) is 9.78 Å². The molecule has 2 N–H and O–H groups in total. The van der Waals surface area contributed by atoms with Crippen LogP contribution in [0.4, 0.5) is 5.69 Å². The average molecular weight is 276 g/mol. The molecule has 4 heteroatoms. The summed E-state index contributed by atoms with van der Waals surface area (Å²) in [5.41, 5.74) is 3.86. The Kier molecular flexibility index (Phi) is 3.51. The number of carbonyl (C=O) groups excluding carboxylic acids is 1. The first-order valence-corrected chi connectivity index (χ1v) is 6.63. The van der Waals surface area contributed by atoms with Crippen molar-refractivity contribution in [2.75, 3.05) is 5.32 Å². The highest BCUT2D eigenvalue weighted by molar-refractivity contribution is 6.09. The van der Waals surface area contributed by atoms with Gasteiger partial charge in [0.15, 0.2) is 0 Å². The average Bonchev–Trinajstić information content (AvgIpc) is 2.91. The number of aryl methyl sites for hydroxylation is 1. The molecule has 0 aliphatic carbocycles. The van der Waals surface area contributed by atoms with Crippen LogP contribution in [0.5, 0.6) is 0 Å². The second kappa shape index (κ2) is 5.63. The number of rotatable bonds is 3. The molecular formula is C17H14N3O. The molecule has 0 saturated heterocycles. The second-order valence-electron chi connectivity index (χ2n) is 4.68. The zero-order chi connectivity index (χ0) is 14.7. The molecule has 0 unspecified atom stereocenters. The summed E-state index contributed by atoms with van der Waals surface area (Å²) < 4.78 is 0. The van der Waals surface area contributed by atoms with Crippen LogP contribution in [0.25, 0.3) is 11.1 Å². The molecule has 21 heavy (non-hydrogen) atoms. The number of H-pyrrole nitrogens is 1. The number of anilines is 1. The van der Waals surface area contributed by atoms with Crippen molar-refractivity contribution in [2.24, 2.45) is 0 Å². The number of pyridine rings is 1. The number of carbonyl (C=O) groups is 1. The van der Waals surface area contributed by atoms with Crippen molar-refractivity contribution in [2.45, 2.75) is 6.92 Å². The number of nitrogens with one attached hydrogen (secondary N) is 2. The van der Waals surface area contributed by atoms with E-state index >= 15 is 0 Å². The third-order valence-corrected chi connectivity index (χ3v) is 3.23. The molecule has 2 heterocycles. The van der Waals surface area contributed by atoms with Crippen molar-refractivity contribution in [1.82, 2.24) is 9.97 Å². The van der Waals surface area contributed by atoms with E-state index in [-0.39, 0.29) is 5.91 Å². The van der Waals surface area contributed by atoms with Crippen LogP contribution in [0.15, 0.2) is 54.9 Å². The summed E-state index contributed by atoms with van der Waals surface area (Å²) in [4.78, 5) is 19.5. The van der Waals surface area contributed by atoms with E-state index < -0.39 is 0 Å². The summed E-state index contributed by atoms with van der Waals surface area (Å²) in [5, 5.41) is 2.88. The Morgan fingerprint density at radius 2 is 1.86 bits per heavy atom. The summed E-state index contributed by atoms with van der Waals surface area (Å²) >= 11 is 0. The van der Waals surface area contributed by atoms with E-state index in [2.05, 4.69) is 21.5 Å². The van der Waals surface area contributed by atoms with Crippen LogP contribution in [0, 0.1) is 13.1 Å². The first kappa shape index (κ1) is 13.1. The van der Waals surface area contributed by atoms with Crippen molar-refractivity contribution < 1.29 is 4.79 Å². The molecule has 0 aliphatic heterocycles. The third kappa shape index (κ3) is 2.69. The summed E-state index contributed by atoms with van der Waals surface area (Å²) in [6, 6.07) is 13.3. The van der Waals surface area contributed by atoms with Gasteiger partial charge >= 0.3 is 0 Å². The monoisotopic (exact) mass is 276 g/mol. The maximum Gasteiger partial charge on any atom is 0.258 e. The normalized spacial score (nSPS) is 10.3. The lowest BCUT2D eigenvalue weighted by Crippen LogP contribution is -2.13. The Hall–Kier alpha value is -2.88. The van der Waals surface area contributed by atoms with E-state index in [4.69, 9.17) is 0 Å². The van der Waals surface area contributed by atoms with Crippen molar-refractivity contribution in [1.29, 1.82) is 0 Å². The minimum atomic E-state index is -0.157. The highest BCUT2D eigenvalue weighted by Gasteiger charge is 2.18.